The number of aromatic carboxylic acids is 1. The van der Waals surface area contributed by atoms with Crippen LogP contribution in [0.1, 0.15) is 20.7 Å². The maximum Gasteiger partial charge on any atom is 0.337 e. The Labute approximate surface area is 129 Å². The molecular weight excluding hydrogens is 320 g/mol. The van der Waals surface area contributed by atoms with Crippen LogP contribution in [0.3, 0.4) is 0 Å². The van der Waals surface area contributed by atoms with E-state index in [-0.39, 0.29) is 21.8 Å². The number of hydrogen-bond donors (Lipinski definition) is 2. The number of carboxylic acids is 1. The van der Waals surface area contributed by atoms with Gasteiger partial charge in [-0.1, -0.05) is 23.2 Å². The third-order valence-corrected chi connectivity index (χ3v) is 3.38. The fourth-order valence-corrected chi connectivity index (χ4v) is 1.93. The molecule has 0 spiro atoms. The lowest BCUT2D eigenvalue weighted by Gasteiger charge is -2.09. The Bertz CT molecular complexity index is 734. The monoisotopic (exact) mass is 327 g/mol. The highest BCUT2D eigenvalue weighted by atomic mass is 35.5. The maximum atomic E-state index is 13.1. The van der Waals surface area contributed by atoms with Gasteiger partial charge >= 0.3 is 5.97 Å². The molecule has 0 aliphatic heterocycles. The predicted octanol–water partition coefficient (Wildman–Crippen LogP) is 4.08. The molecule has 0 heterocycles. The van der Waals surface area contributed by atoms with E-state index in [0.717, 1.165) is 12.1 Å². The number of nitrogens with one attached hydrogen (secondary N) is 1. The van der Waals surface area contributed by atoms with Crippen molar-refractivity contribution in [2.45, 2.75) is 0 Å². The van der Waals surface area contributed by atoms with Crippen molar-refractivity contribution in [3.63, 3.8) is 0 Å². The number of hydrogen-bond acceptors (Lipinski definition) is 2. The molecular formula is C14H8Cl2FNO3. The van der Waals surface area contributed by atoms with Gasteiger partial charge in [-0.05, 0) is 36.4 Å². The van der Waals surface area contributed by atoms with E-state index in [1.54, 1.807) is 0 Å². The first-order valence-corrected chi connectivity index (χ1v) is 6.43. The summed E-state index contributed by atoms with van der Waals surface area (Å²) in [6.45, 7) is 0. The zero-order chi connectivity index (χ0) is 15.6. The van der Waals surface area contributed by atoms with E-state index < -0.39 is 17.7 Å². The van der Waals surface area contributed by atoms with Gasteiger partial charge in [0.25, 0.3) is 5.91 Å². The highest BCUT2D eigenvalue weighted by molar-refractivity contribution is 6.42. The molecule has 108 valence electrons. The van der Waals surface area contributed by atoms with Crippen molar-refractivity contribution in [1.29, 1.82) is 0 Å². The minimum Gasteiger partial charge on any atom is -0.478 e. The smallest absolute Gasteiger partial charge is 0.337 e. The summed E-state index contributed by atoms with van der Waals surface area (Å²) in [5.74, 6) is -2.64. The van der Waals surface area contributed by atoms with E-state index in [0.29, 0.717) is 5.02 Å². The van der Waals surface area contributed by atoms with E-state index in [9.17, 15) is 14.0 Å². The molecule has 1 amide bonds. The summed E-state index contributed by atoms with van der Waals surface area (Å²) in [5, 5.41) is 11.9. The van der Waals surface area contributed by atoms with Crippen LogP contribution in [0.4, 0.5) is 10.1 Å². The standard InChI is InChI=1S/C14H8Cl2FNO3/c15-10-3-1-7(5-11(10)16)13(19)18-12-4-2-8(17)6-9(12)14(20)21/h1-6H,(H,18,19)(H,20,21). The van der Waals surface area contributed by atoms with Gasteiger partial charge in [0.2, 0.25) is 0 Å². The first kappa shape index (κ1) is 15.3. The van der Waals surface area contributed by atoms with Crippen LogP contribution >= 0.6 is 23.2 Å². The van der Waals surface area contributed by atoms with Gasteiger partial charge in [0.15, 0.2) is 0 Å². The highest BCUT2D eigenvalue weighted by Gasteiger charge is 2.15. The van der Waals surface area contributed by atoms with Crippen LogP contribution in [0.5, 0.6) is 0 Å². The zero-order valence-electron chi connectivity index (χ0n) is 10.4. The van der Waals surface area contributed by atoms with Crippen LogP contribution in [0.25, 0.3) is 0 Å². The van der Waals surface area contributed by atoms with Crippen molar-refractivity contribution < 1.29 is 19.1 Å². The lowest BCUT2D eigenvalue weighted by Crippen LogP contribution is -2.15. The van der Waals surface area contributed by atoms with Crippen molar-refractivity contribution in [3.05, 3.63) is 63.4 Å². The fraction of sp³-hybridized carbons (Fsp3) is 0. The van der Waals surface area contributed by atoms with Gasteiger partial charge in [-0.15, -0.1) is 0 Å². The first-order valence-electron chi connectivity index (χ1n) is 5.67. The molecule has 2 N–H and O–H groups in total. The Morgan fingerprint density at radius 1 is 1.05 bits per heavy atom. The average Bonchev–Trinajstić information content (AvgIpc) is 2.43. The van der Waals surface area contributed by atoms with Gasteiger partial charge < -0.3 is 10.4 Å². The molecule has 0 radical (unpaired) electrons. The predicted molar refractivity (Wildman–Crippen MR) is 77.8 cm³/mol. The molecule has 0 aliphatic rings. The molecule has 2 rings (SSSR count). The van der Waals surface area contributed by atoms with Crippen molar-refractivity contribution in [3.8, 4) is 0 Å². The van der Waals surface area contributed by atoms with Crippen molar-refractivity contribution in [2.24, 2.45) is 0 Å². The summed E-state index contributed by atoms with van der Waals surface area (Å²) >= 11 is 11.6. The number of carbonyl (C=O) groups excluding carboxylic acids is 1. The second-order valence-electron chi connectivity index (χ2n) is 4.08. The van der Waals surface area contributed by atoms with E-state index in [1.165, 1.54) is 24.3 Å². The second-order valence-corrected chi connectivity index (χ2v) is 4.89. The number of anilines is 1. The molecule has 0 bridgehead atoms. The Morgan fingerprint density at radius 3 is 2.38 bits per heavy atom. The number of carbonyl (C=O) groups is 2. The average molecular weight is 328 g/mol. The molecule has 0 unspecified atom stereocenters. The van der Waals surface area contributed by atoms with Crippen molar-refractivity contribution >= 4 is 40.8 Å². The van der Waals surface area contributed by atoms with E-state index in [1.807, 2.05) is 0 Å². The molecule has 0 aliphatic carbocycles. The molecule has 0 fully saturated rings. The molecule has 0 aromatic heterocycles. The third-order valence-electron chi connectivity index (χ3n) is 2.64. The summed E-state index contributed by atoms with van der Waals surface area (Å²) in [5.41, 5.74) is -0.159. The van der Waals surface area contributed by atoms with Gasteiger partial charge in [0.1, 0.15) is 5.82 Å². The number of amides is 1. The normalized spacial score (nSPS) is 10.2. The summed E-state index contributed by atoms with van der Waals surface area (Å²) < 4.78 is 13.1. The first-order chi connectivity index (χ1) is 9.88. The Kier molecular flexibility index (Phi) is 4.45. The maximum absolute atomic E-state index is 13.1. The summed E-state index contributed by atoms with van der Waals surface area (Å²) in [6, 6.07) is 7.29. The lowest BCUT2D eigenvalue weighted by molar-refractivity contribution is 0.0697. The van der Waals surface area contributed by atoms with Crippen LogP contribution < -0.4 is 5.32 Å². The zero-order valence-corrected chi connectivity index (χ0v) is 11.9. The van der Waals surface area contributed by atoms with Gasteiger partial charge in [-0.25, -0.2) is 9.18 Å². The minimum absolute atomic E-state index is 0.0139. The fourth-order valence-electron chi connectivity index (χ4n) is 1.63. The van der Waals surface area contributed by atoms with Crippen LogP contribution in [0.2, 0.25) is 10.0 Å². The van der Waals surface area contributed by atoms with E-state index >= 15 is 0 Å². The molecule has 0 saturated carbocycles. The molecule has 2 aromatic carbocycles. The van der Waals surface area contributed by atoms with E-state index in [2.05, 4.69) is 5.32 Å². The number of benzene rings is 2. The SMILES string of the molecule is O=C(Nc1ccc(F)cc1C(=O)O)c1ccc(Cl)c(Cl)c1. The van der Waals surface area contributed by atoms with Crippen molar-refractivity contribution in [2.75, 3.05) is 5.32 Å². The number of rotatable bonds is 3. The molecule has 2 aromatic rings. The van der Waals surface area contributed by atoms with Gasteiger partial charge in [0, 0.05) is 5.56 Å². The number of carboxylic acid groups (broad SMARTS) is 1. The number of halogens is 3. The Hall–Kier alpha value is -2.11. The topological polar surface area (TPSA) is 66.4 Å². The largest absolute Gasteiger partial charge is 0.478 e. The lowest BCUT2D eigenvalue weighted by atomic mass is 10.1. The minimum atomic E-state index is -1.35. The Morgan fingerprint density at radius 2 is 1.76 bits per heavy atom. The van der Waals surface area contributed by atoms with Gasteiger partial charge in [-0.2, -0.15) is 0 Å². The van der Waals surface area contributed by atoms with Crippen LogP contribution in [0.15, 0.2) is 36.4 Å². The summed E-state index contributed by atoms with van der Waals surface area (Å²) in [4.78, 5) is 23.1. The van der Waals surface area contributed by atoms with Crippen molar-refractivity contribution in [1.82, 2.24) is 0 Å². The third kappa shape index (κ3) is 3.51. The van der Waals surface area contributed by atoms with Crippen LogP contribution in [-0.4, -0.2) is 17.0 Å². The quantitative estimate of drug-likeness (QED) is 0.892. The second kappa shape index (κ2) is 6.11. The molecule has 4 nitrogen and oxygen atoms in total. The molecule has 0 atom stereocenters. The molecule has 0 saturated heterocycles. The summed E-state index contributed by atoms with van der Waals surface area (Å²) in [7, 11) is 0. The Balaban J connectivity index is 2.31. The molecule has 7 heteroatoms. The summed E-state index contributed by atoms with van der Waals surface area (Å²) in [6.07, 6.45) is 0. The molecule has 21 heavy (non-hydrogen) atoms. The van der Waals surface area contributed by atoms with Crippen LogP contribution in [0, 0.1) is 5.82 Å². The van der Waals surface area contributed by atoms with Gasteiger partial charge in [0.05, 0.1) is 21.3 Å². The van der Waals surface area contributed by atoms with Crippen LogP contribution in [-0.2, 0) is 0 Å². The van der Waals surface area contributed by atoms with Gasteiger partial charge in [-0.3, -0.25) is 4.79 Å². The highest BCUT2D eigenvalue weighted by Crippen LogP contribution is 2.24. The van der Waals surface area contributed by atoms with E-state index in [4.69, 9.17) is 28.3 Å².